The lowest BCUT2D eigenvalue weighted by molar-refractivity contribution is -0.385. The number of benzene rings is 1. The molecule has 1 aromatic rings. The Kier molecular flexibility index (Phi) is 4.09. The number of ether oxygens (including phenoxy) is 1. The molecule has 0 unspecified atom stereocenters. The van der Waals surface area contributed by atoms with E-state index in [0.717, 1.165) is 18.2 Å². The van der Waals surface area contributed by atoms with E-state index in [1.807, 2.05) is 0 Å². The van der Waals surface area contributed by atoms with Gasteiger partial charge in [-0.3, -0.25) is 14.9 Å². The van der Waals surface area contributed by atoms with Gasteiger partial charge < -0.3 is 10.5 Å². The Hall–Kier alpha value is -1.87. The third-order valence-electron chi connectivity index (χ3n) is 1.77. The van der Waals surface area contributed by atoms with E-state index >= 15 is 0 Å². The van der Waals surface area contributed by atoms with Crippen molar-refractivity contribution in [1.29, 1.82) is 0 Å². The van der Waals surface area contributed by atoms with Crippen molar-refractivity contribution in [3.63, 3.8) is 0 Å². The molecule has 18 heavy (non-hydrogen) atoms. The molecule has 1 amide bonds. The molecule has 0 bridgehead atoms. The number of nitrogens with zero attached hydrogens (tertiary/aromatic N) is 1. The van der Waals surface area contributed by atoms with Crippen LogP contribution in [-0.2, 0) is 13.8 Å². The standard InChI is InChI=1S/C8H7ClN2O6S/c9-18(15,16)7-3-5(11(13)14)1-2-6(7)17-4-8(10)12/h1-3H,4H2,(H2,10,12). The molecule has 0 aliphatic heterocycles. The summed E-state index contributed by atoms with van der Waals surface area (Å²) in [6.45, 7) is -0.572. The molecule has 0 aromatic heterocycles. The van der Waals surface area contributed by atoms with Crippen molar-refractivity contribution in [2.24, 2.45) is 5.73 Å². The fourth-order valence-electron chi connectivity index (χ4n) is 1.07. The first-order valence-corrected chi connectivity index (χ1v) is 6.67. The van der Waals surface area contributed by atoms with Crippen LogP contribution in [0.3, 0.4) is 0 Å². The molecule has 10 heteroatoms. The van der Waals surface area contributed by atoms with Crippen molar-refractivity contribution in [3.8, 4) is 5.75 Å². The van der Waals surface area contributed by atoms with Crippen LogP contribution >= 0.6 is 10.7 Å². The summed E-state index contributed by atoms with van der Waals surface area (Å²) in [6.07, 6.45) is 0. The molecule has 0 heterocycles. The van der Waals surface area contributed by atoms with Crippen LogP contribution in [0.2, 0.25) is 0 Å². The molecule has 0 aliphatic carbocycles. The third kappa shape index (κ3) is 3.57. The van der Waals surface area contributed by atoms with Crippen molar-refractivity contribution in [2.75, 3.05) is 6.61 Å². The van der Waals surface area contributed by atoms with Gasteiger partial charge >= 0.3 is 0 Å². The number of rotatable bonds is 5. The Balaban J connectivity index is 3.26. The van der Waals surface area contributed by atoms with E-state index in [2.05, 4.69) is 0 Å². The maximum atomic E-state index is 11.2. The van der Waals surface area contributed by atoms with Gasteiger partial charge in [0, 0.05) is 22.8 Å². The van der Waals surface area contributed by atoms with Gasteiger partial charge in [-0.1, -0.05) is 0 Å². The Bertz CT molecular complexity index is 600. The summed E-state index contributed by atoms with van der Waals surface area (Å²) in [7, 11) is 0.862. The fourth-order valence-corrected chi connectivity index (χ4v) is 2.06. The lowest BCUT2D eigenvalue weighted by atomic mass is 10.3. The second kappa shape index (κ2) is 5.19. The van der Waals surface area contributed by atoms with Gasteiger partial charge in [-0.05, 0) is 6.07 Å². The van der Waals surface area contributed by atoms with Crippen molar-refractivity contribution in [1.82, 2.24) is 0 Å². The van der Waals surface area contributed by atoms with Crippen LogP contribution in [-0.4, -0.2) is 25.9 Å². The number of nitro groups is 1. The molecule has 0 fully saturated rings. The highest BCUT2D eigenvalue weighted by atomic mass is 35.7. The minimum atomic E-state index is -4.25. The van der Waals surface area contributed by atoms with Crippen LogP contribution in [0.25, 0.3) is 0 Å². The number of hydrogen-bond donors (Lipinski definition) is 1. The molecule has 8 nitrogen and oxygen atoms in total. The quantitative estimate of drug-likeness (QED) is 0.475. The summed E-state index contributed by atoms with van der Waals surface area (Å²) in [5, 5.41) is 10.5. The van der Waals surface area contributed by atoms with Gasteiger partial charge in [-0.25, -0.2) is 8.42 Å². The molecule has 0 saturated heterocycles. The van der Waals surface area contributed by atoms with Crippen molar-refractivity contribution < 1.29 is 22.9 Å². The molecular weight excluding hydrogens is 288 g/mol. The van der Waals surface area contributed by atoms with Gasteiger partial charge in [0.1, 0.15) is 10.6 Å². The summed E-state index contributed by atoms with van der Waals surface area (Å²) >= 11 is 0. The number of primary amides is 1. The first-order valence-electron chi connectivity index (χ1n) is 4.36. The second-order valence-electron chi connectivity index (χ2n) is 3.08. The van der Waals surface area contributed by atoms with Gasteiger partial charge in [-0.2, -0.15) is 0 Å². The summed E-state index contributed by atoms with van der Waals surface area (Å²) in [5.74, 6) is -1.11. The number of carbonyl (C=O) groups excluding carboxylic acids is 1. The monoisotopic (exact) mass is 294 g/mol. The number of nitrogens with two attached hydrogens (primary N) is 1. The highest BCUT2D eigenvalue weighted by Crippen LogP contribution is 2.30. The number of carbonyl (C=O) groups is 1. The van der Waals surface area contributed by atoms with Crippen molar-refractivity contribution in [2.45, 2.75) is 4.90 Å². The van der Waals surface area contributed by atoms with Crippen LogP contribution in [0, 0.1) is 10.1 Å². The maximum Gasteiger partial charge on any atom is 0.271 e. The number of halogens is 1. The largest absolute Gasteiger partial charge is 0.482 e. The Morgan fingerprint density at radius 3 is 2.56 bits per heavy atom. The average Bonchev–Trinajstić information content (AvgIpc) is 2.24. The average molecular weight is 295 g/mol. The molecule has 0 atom stereocenters. The van der Waals surface area contributed by atoms with Crippen LogP contribution < -0.4 is 10.5 Å². The van der Waals surface area contributed by atoms with E-state index in [9.17, 15) is 23.3 Å². The van der Waals surface area contributed by atoms with E-state index in [-0.39, 0.29) is 5.75 Å². The molecule has 1 rings (SSSR count). The highest BCUT2D eigenvalue weighted by Gasteiger charge is 2.21. The smallest absolute Gasteiger partial charge is 0.271 e. The van der Waals surface area contributed by atoms with E-state index < -0.39 is 37.1 Å². The van der Waals surface area contributed by atoms with Crippen LogP contribution in [0.4, 0.5) is 5.69 Å². The topological polar surface area (TPSA) is 130 Å². The number of nitro benzene ring substituents is 1. The summed E-state index contributed by atoms with van der Waals surface area (Å²) < 4.78 is 27.2. The van der Waals surface area contributed by atoms with Crippen LogP contribution in [0.5, 0.6) is 5.75 Å². The van der Waals surface area contributed by atoms with Gasteiger partial charge in [0.2, 0.25) is 0 Å². The molecular formula is C8H7ClN2O6S. The number of non-ortho nitro benzene ring substituents is 1. The first kappa shape index (κ1) is 14.2. The van der Waals surface area contributed by atoms with E-state index in [0.29, 0.717) is 0 Å². The molecule has 0 aliphatic rings. The van der Waals surface area contributed by atoms with Crippen molar-refractivity contribution in [3.05, 3.63) is 28.3 Å². The van der Waals surface area contributed by atoms with Gasteiger partial charge in [0.25, 0.3) is 20.6 Å². The minimum Gasteiger partial charge on any atom is -0.482 e. The lowest BCUT2D eigenvalue weighted by Crippen LogP contribution is -2.20. The normalized spacial score (nSPS) is 10.9. The zero-order chi connectivity index (χ0) is 13.9. The summed E-state index contributed by atoms with van der Waals surface area (Å²) in [4.78, 5) is 19.6. The molecule has 0 saturated carbocycles. The number of hydrogen-bond acceptors (Lipinski definition) is 6. The van der Waals surface area contributed by atoms with Gasteiger partial charge in [-0.15, -0.1) is 0 Å². The predicted molar refractivity (Wildman–Crippen MR) is 60.8 cm³/mol. The van der Waals surface area contributed by atoms with Crippen LogP contribution in [0.1, 0.15) is 0 Å². The predicted octanol–water partition coefficient (Wildman–Crippen LogP) is 0.386. The third-order valence-corrected chi connectivity index (χ3v) is 3.11. The molecule has 1 aromatic carbocycles. The van der Waals surface area contributed by atoms with E-state index in [4.69, 9.17) is 21.2 Å². The zero-order valence-electron chi connectivity index (χ0n) is 8.70. The SMILES string of the molecule is NC(=O)COc1ccc([N+](=O)[O-])cc1S(=O)(=O)Cl. The van der Waals surface area contributed by atoms with E-state index in [1.165, 1.54) is 0 Å². The Morgan fingerprint density at radius 1 is 1.50 bits per heavy atom. The number of amides is 1. The fraction of sp³-hybridized carbons (Fsp3) is 0.125. The Labute approximate surface area is 106 Å². The summed E-state index contributed by atoms with van der Waals surface area (Å²) in [5.41, 5.74) is 4.35. The first-order chi connectivity index (χ1) is 8.21. The molecule has 98 valence electrons. The van der Waals surface area contributed by atoms with Gasteiger partial charge in [0.05, 0.1) is 4.92 Å². The summed E-state index contributed by atoms with van der Waals surface area (Å²) in [6, 6.07) is 2.77. The van der Waals surface area contributed by atoms with Crippen LogP contribution in [0.15, 0.2) is 23.1 Å². The molecule has 0 radical (unpaired) electrons. The second-order valence-corrected chi connectivity index (χ2v) is 5.62. The Morgan fingerprint density at radius 2 is 2.11 bits per heavy atom. The zero-order valence-corrected chi connectivity index (χ0v) is 10.3. The molecule has 2 N–H and O–H groups in total. The minimum absolute atomic E-state index is 0.283. The highest BCUT2D eigenvalue weighted by molar-refractivity contribution is 8.13. The molecule has 0 spiro atoms. The maximum absolute atomic E-state index is 11.2. The van der Waals surface area contributed by atoms with Gasteiger partial charge in [0.15, 0.2) is 6.61 Å². The van der Waals surface area contributed by atoms with E-state index in [1.54, 1.807) is 0 Å². The lowest BCUT2D eigenvalue weighted by Gasteiger charge is -2.07. The van der Waals surface area contributed by atoms with Crippen molar-refractivity contribution >= 4 is 31.3 Å².